The number of carbonyl (C=O) groups is 4. The number of hydrogen-bond donors (Lipinski definition) is 2. The van der Waals surface area contributed by atoms with Crippen molar-refractivity contribution in [2.24, 2.45) is 5.92 Å². The lowest BCUT2D eigenvalue weighted by Crippen LogP contribution is -2.36. The number of carbonyl (C=O) groups excluding carboxylic acids is 4. The molecule has 2 aromatic rings. The van der Waals surface area contributed by atoms with E-state index in [0.29, 0.717) is 30.1 Å². The number of nitrogens with one attached hydrogen (secondary N) is 2. The first-order valence-electron chi connectivity index (χ1n) is 13.9. The van der Waals surface area contributed by atoms with E-state index in [-0.39, 0.29) is 11.9 Å². The third kappa shape index (κ3) is 13.5. The Labute approximate surface area is 247 Å². The van der Waals surface area contributed by atoms with Crippen molar-refractivity contribution in [1.82, 2.24) is 14.9 Å². The zero-order chi connectivity index (χ0) is 31.3. The molecule has 0 unspecified atom stereocenters. The van der Waals surface area contributed by atoms with Crippen LogP contribution in [-0.4, -0.2) is 70.2 Å². The predicted molar refractivity (Wildman–Crippen MR) is 158 cm³/mol. The fourth-order valence-electron chi connectivity index (χ4n) is 3.89. The van der Waals surface area contributed by atoms with Gasteiger partial charge in [-0.25, -0.2) is 19.6 Å². The highest BCUT2D eigenvalue weighted by molar-refractivity contribution is 5.85. The number of pyridine rings is 2. The van der Waals surface area contributed by atoms with Crippen molar-refractivity contribution in [2.45, 2.75) is 79.1 Å². The molecule has 3 heterocycles. The molecule has 3 rings (SSSR count). The minimum Gasteiger partial charge on any atom is -0.466 e. The number of likely N-dealkylation sites (tertiary alicyclic amines) is 1. The lowest BCUT2D eigenvalue weighted by atomic mass is 9.97. The van der Waals surface area contributed by atoms with E-state index in [1.54, 1.807) is 33.0 Å². The SMILES string of the molecule is CC(C)(C)OC(=O)Nc1cc(C=O)ccn1.CCOC(=O)C1CCN(Cc2ccnc(NC(=O)OC(C)(C)C)c2)CC1. The molecule has 0 bridgehead atoms. The van der Waals surface area contributed by atoms with Crippen LogP contribution in [0.3, 0.4) is 0 Å². The van der Waals surface area contributed by atoms with Gasteiger partial charge in [-0.15, -0.1) is 0 Å². The van der Waals surface area contributed by atoms with E-state index in [9.17, 15) is 19.2 Å². The zero-order valence-corrected chi connectivity index (χ0v) is 25.6. The van der Waals surface area contributed by atoms with E-state index in [4.69, 9.17) is 14.2 Å². The van der Waals surface area contributed by atoms with Crippen molar-refractivity contribution in [2.75, 3.05) is 30.3 Å². The average Bonchev–Trinajstić information content (AvgIpc) is 2.87. The molecule has 2 N–H and O–H groups in total. The molecule has 1 saturated heterocycles. The highest BCUT2D eigenvalue weighted by atomic mass is 16.6. The third-order valence-electron chi connectivity index (χ3n) is 5.62. The topological polar surface area (TPSA) is 149 Å². The molecule has 1 aliphatic rings. The van der Waals surface area contributed by atoms with Gasteiger partial charge in [-0.2, -0.15) is 0 Å². The standard InChI is InChI=1S/C19H29N3O4.C11H14N2O3/c1-5-25-17(23)15-7-10-22(11-8-15)13-14-6-9-20-16(12-14)21-18(24)26-19(2,3)4;1-11(2,3)16-10(15)13-9-6-8(7-14)4-5-12-9/h6,9,12,15H,5,7-8,10-11,13H2,1-4H3,(H,20,21,24);4-7H,1-3H3,(H,12,13,15). The highest BCUT2D eigenvalue weighted by Gasteiger charge is 2.26. The summed E-state index contributed by atoms with van der Waals surface area (Å²) >= 11 is 0. The summed E-state index contributed by atoms with van der Waals surface area (Å²) in [6.45, 7) is 15.5. The third-order valence-corrected chi connectivity index (χ3v) is 5.62. The smallest absolute Gasteiger partial charge is 0.413 e. The molecule has 2 amide bonds. The quantitative estimate of drug-likeness (QED) is 0.244. The fraction of sp³-hybridized carbons (Fsp3) is 0.533. The second-order valence-corrected chi connectivity index (χ2v) is 11.7. The van der Waals surface area contributed by atoms with Gasteiger partial charge < -0.3 is 14.2 Å². The first-order valence-corrected chi connectivity index (χ1v) is 13.9. The number of rotatable bonds is 7. The summed E-state index contributed by atoms with van der Waals surface area (Å²) in [6.07, 6.45) is 4.31. The molecule has 2 aromatic heterocycles. The van der Waals surface area contributed by atoms with Gasteiger partial charge in [0.25, 0.3) is 0 Å². The highest BCUT2D eigenvalue weighted by Crippen LogP contribution is 2.21. The Morgan fingerprint density at radius 3 is 1.93 bits per heavy atom. The lowest BCUT2D eigenvalue weighted by Gasteiger charge is -2.30. The van der Waals surface area contributed by atoms with Gasteiger partial charge in [0.15, 0.2) is 0 Å². The molecule has 0 atom stereocenters. The van der Waals surface area contributed by atoms with E-state index >= 15 is 0 Å². The molecule has 230 valence electrons. The van der Waals surface area contributed by atoms with Crippen molar-refractivity contribution < 1.29 is 33.4 Å². The summed E-state index contributed by atoms with van der Waals surface area (Å²) < 4.78 is 15.4. The summed E-state index contributed by atoms with van der Waals surface area (Å²) in [5.41, 5.74) is 0.388. The molecule has 12 nitrogen and oxygen atoms in total. The van der Waals surface area contributed by atoms with E-state index in [0.717, 1.165) is 38.0 Å². The molecule has 0 saturated carbocycles. The average molecular weight is 586 g/mol. The van der Waals surface area contributed by atoms with E-state index in [2.05, 4.69) is 25.5 Å². The number of esters is 1. The van der Waals surface area contributed by atoms with Gasteiger partial charge in [-0.3, -0.25) is 25.1 Å². The Hall–Kier alpha value is -4.06. The van der Waals surface area contributed by atoms with Crippen LogP contribution in [0.2, 0.25) is 0 Å². The number of hydrogen-bond acceptors (Lipinski definition) is 10. The summed E-state index contributed by atoms with van der Waals surface area (Å²) in [6, 6.07) is 6.79. The number of nitrogens with zero attached hydrogens (tertiary/aromatic N) is 3. The molecular weight excluding hydrogens is 542 g/mol. The predicted octanol–water partition coefficient (Wildman–Crippen LogP) is 5.44. The van der Waals surface area contributed by atoms with Gasteiger partial charge >= 0.3 is 18.2 Å². The Kier molecular flexibility index (Phi) is 12.9. The number of aldehydes is 1. The number of ether oxygens (including phenoxy) is 3. The molecule has 0 aliphatic carbocycles. The van der Waals surface area contributed by atoms with Crippen molar-refractivity contribution in [3.8, 4) is 0 Å². The van der Waals surface area contributed by atoms with Crippen LogP contribution in [0.5, 0.6) is 0 Å². The lowest BCUT2D eigenvalue weighted by molar-refractivity contribution is -0.149. The number of piperidine rings is 1. The summed E-state index contributed by atoms with van der Waals surface area (Å²) in [7, 11) is 0. The molecule has 12 heteroatoms. The Balaban J connectivity index is 0.000000330. The Morgan fingerprint density at radius 1 is 0.905 bits per heavy atom. The number of aromatic nitrogens is 2. The van der Waals surface area contributed by atoms with Gasteiger partial charge in [-0.05, 0) is 104 Å². The van der Waals surface area contributed by atoms with Crippen LogP contribution in [0.25, 0.3) is 0 Å². The molecule has 1 aliphatic heterocycles. The Morgan fingerprint density at radius 2 is 1.43 bits per heavy atom. The monoisotopic (exact) mass is 585 g/mol. The normalized spacial score (nSPS) is 14.1. The molecule has 1 fully saturated rings. The second kappa shape index (κ2) is 15.8. The maximum absolute atomic E-state index is 11.9. The van der Waals surface area contributed by atoms with Gasteiger partial charge in [0.05, 0.1) is 12.5 Å². The van der Waals surface area contributed by atoms with Crippen LogP contribution >= 0.6 is 0 Å². The largest absolute Gasteiger partial charge is 0.466 e. The molecular formula is C30H43N5O7. The summed E-state index contributed by atoms with van der Waals surface area (Å²) in [5.74, 6) is 0.685. The van der Waals surface area contributed by atoms with Gasteiger partial charge in [0.1, 0.15) is 29.1 Å². The Bertz CT molecular complexity index is 1200. The van der Waals surface area contributed by atoms with Gasteiger partial charge in [0, 0.05) is 24.5 Å². The van der Waals surface area contributed by atoms with E-state index < -0.39 is 23.4 Å². The minimum absolute atomic E-state index is 0.00744. The van der Waals surface area contributed by atoms with Crippen LogP contribution in [0.4, 0.5) is 21.2 Å². The first-order chi connectivity index (χ1) is 19.7. The fourth-order valence-corrected chi connectivity index (χ4v) is 3.89. The van der Waals surface area contributed by atoms with Crippen molar-refractivity contribution in [1.29, 1.82) is 0 Å². The number of amides is 2. The van der Waals surface area contributed by atoms with Crippen LogP contribution in [0, 0.1) is 5.92 Å². The van der Waals surface area contributed by atoms with Crippen molar-refractivity contribution >= 4 is 36.1 Å². The molecule has 0 radical (unpaired) electrons. The van der Waals surface area contributed by atoms with Crippen LogP contribution < -0.4 is 10.6 Å². The van der Waals surface area contributed by atoms with Crippen molar-refractivity contribution in [3.63, 3.8) is 0 Å². The zero-order valence-electron chi connectivity index (χ0n) is 25.6. The van der Waals surface area contributed by atoms with Crippen LogP contribution in [0.15, 0.2) is 36.7 Å². The second-order valence-electron chi connectivity index (χ2n) is 11.7. The van der Waals surface area contributed by atoms with E-state index in [1.807, 2.05) is 39.8 Å². The van der Waals surface area contributed by atoms with Crippen molar-refractivity contribution in [3.05, 3.63) is 47.8 Å². The minimum atomic E-state index is -0.594. The van der Waals surface area contributed by atoms with Gasteiger partial charge in [0.2, 0.25) is 0 Å². The number of anilines is 2. The maximum Gasteiger partial charge on any atom is 0.413 e. The van der Waals surface area contributed by atoms with E-state index in [1.165, 1.54) is 12.3 Å². The molecule has 42 heavy (non-hydrogen) atoms. The molecule has 0 aromatic carbocycles. The van der Waals surface area contributed by atoms with Gasteiger partial charge in [-0.1, -0.05) is 0 Å². The first kappa shape index (κ1) is 34.1. The maximum atomic E-state index is 11.9. The summed E-state index contributed by atoms with van der Waals surface area (Å²) in [5, 5.41) is 5.10. The molecule has 0 spiro atoms. The van der Waals surface area contributed by atoms with Crippen LogP contribution in [-0.2, 0) is 25.5 Å². The summed E-state index contributed by atoms with van der Waals surface area (Å²) in [4.78, 5) is 55.9. The van der Waals surface area contributed by atoms with Crippen LogP contribution in [0.1, 0.15) is 77.2 Å².